The molecule has 0 aliphatic heterocycles. The molecule has 0 amide bonds. The Morgan fingerprint density at radius 1 is 0.923 bits per heavy atom. The summed E-state index contributed by atoms with van der Waals surface area (Å²) in [5.41, 5.74) is 1.19. The maximum absolute atomic E-state index is 11.9. The molecule has 0 saturated heterocycles. The molecule has 0 aromatic heterocycles. The number of rotatable bonds is 1. The van der Waals surface area contributed by atoms with Gasteiger partial charge in [0.25, 0.3) is 0 Å². The van der Waals surface area contributed by atoms with Crippen LogP contribution in [0.4, 0.5) is 0 Å². The summed E-state index contributed by atoms with van der Waals surface area (Å²) in [6.45, 7) is 0. The van der Waals surface area contributed by atoms with E-state index in [1.807, 2.05) is 0 Å². The molecule has 0 atom stereocenters. The van der Waals surface area contributed by atoms with Gasteiger partial charge in [0, 0.05) is 25.7 Å². The van der Waals surface area contributed by atoms with Crippen LogP contribution in [0.2, 0.25) is 0 Å². The van der Waals surface area contributed by atoms with Gasteiger partial charge in [0.05, 0.1) is 0 Å². The van der Waals surface area contributed by atoms with Crippen LogP contribution in [0.1, 0.15) is 57.8 Å². The van der Waals surface area contributed by atoms with E-state index in [1.54, 1.807) is 0 Å². The molecule has 2 heteroatoms. The second kappa shape index (κ2) is 4.12. The van der Waals surface area contributed by atoms with Gasteiger partial charge >= 0.3 is 0 Å². The fourth-order valence-electron chi connectivity index (χ4n) is 2.58. The molecule has 0 unspecified atom stereocenters. The molecule has 0 aromatic rings. The topological polar surface area (TPSA) is 26.1 Å². The summed E-state index contributed by atoms with van der Waals surface area (Å²) in [4.78, 5) is 0. The molecule has 2 fully saturated rings. The van der Waals surface area contributed by atoms with Crippen molar-refractivity contribution in [3.05, 3.63) is 5.21 Å². The summed E-state index contributed by atoms with van der Waals surface area (Å²) < 4.78 is 1.37. The molecule has 0 bridgehead atoms. The van der Waals surface area contributed by atoms with Crippen LogP contribution in [0.3, 0.4) is 0 Å². The van der Waals surface area contributed by atoms with Crippen molar-refractivity contribution in [3.8, 4) is 0 Å². The molecule has 0 heterocycles. The molecular formula is C11H19NO. The molecule has 74 valence electrons. The highest BCUT2D eigenvalue weighted by Gasteiger charge is 2.24. The van der Waals surface area contributed by atoms with E-state index in [1.165, 1.54) is 42.6 Å². The molecule has 0 radical (unpaired) electrons. The first kappa shape index (κ1) is 9.04. The lowest BCUT2D eigenvalue weighted by Gasteiger charge is -2.22. The van der Waals surface area contributed by atoms with Crippen LogP contribution in [0.5, 0.6) is 0 Å². The first-order chi connectivity index (χ1) is 6.38. The lowest BCUT2D eigenvalue weighted by molar-refractivity contribution is -0.507. The zero-order chi connectivity index (χ0) is 9.10. The molecule has 13 heavy (non-hydrogen) atoms. The van der Waals surface area contributed by atoms with Crippen molar-refractivity contribution in [2.45, 2.75) is 63.8 Å². The van der Waals surface area contributed by atoms with Crippen molar-refractivity contribution in [2.24, 2.45) is 0 Å². The van der Waals surface area contributed by atoms with Gasteiger partial charge in [0.15, 0.2) is 11.8 Å². The molecular weight excluding hydrogens is 162 g/mol. The number of hydrogen-bond donors (Lipinski definition) is 0. The van der Waals surface area contributed by atoms with Gasteiger partial charge in [0.2, 0.25) is 0 Å². The number of nitrogens with zero attached hydrogens (tertiary/aromatic N) is 1. The van der Waals surface area contributed by atoms with Crippen LogP contribution >= 0.6 is 0 Å². The second-order valence-electron chi connectivity index (χ2n) is 4.39. The average Bonchev–Trinajstić information content (AvgIpc) is 2.71. The minimum atomic E-state index is 0.335. The Morgan fingerprint density at radius 3 is 2.15 bits per heavy atom. The Kier molecular flexibility index (Phi) is 2.87. The maximum atomic E-state index is 11.9. The van der Waals surface area contributed by atoms with Crippen LogP contribution in [0, 0.1) is 5.21 Å². The van der Waals surface area contributed by atoms with E-state index in [2.05, 4.69) is 0 Å². The van der Waals surface area contributed by atoms with Crippen molar-refractivity contribution in [1.29, 1.82) is 0 Å². The van der Waals surface area contributed by atoms with Crippen molar-refractivity contribution in [3.63, 3.8) is 0 Å². The van der Waals surface area contributed by atoms with Gasteiger partial charge in [0.1, 0.15) is 0 Å². The van der Waals surface area contributed by atoms with Gasteiger partial charge < -0.3 is 5.21 Å². The fraction of sp³-hybridized carbons (Fsp3) is 0.909. The second-order valence-corrected chi connectivity index (χ2v) is 4.39. The molecule has 2 rings (SSSR count). The first-order valence-corrected chi connectivity index (χ1v) is 5.69. The summed E-state index contributed by atoms with van der Waals surface area (Å²) in [6.07, 6.45) is 10.7. The SMILES string of the molecule is [O-][N+](=C1CCCC1)C1CCCCC1. The predicted molar refractivity (Wildman–Crippen MR) is 54.0 cm³/mol. The number of hydrogen-bond acceptors (Lipinski definition) is 1. The third-order valence-electron chi connectivity index (χ3n) is 3.40. The van der Waals surface area contributed by atoms with E-state index >= 15 is 0 Å². The maximum Gasteiger partial charge on any atom is 0.163 e. The Hall–Kier alpha value is -0.530. The van der Waals surface area contributed by atoms with Gasteiger partial charge in [-0.15, -0.1) is 0 Å². The summed E-state index contributed by atoms with van der Waals surface area (Å²) >= 11 is 0. The summed E-state index contributed by atoms with van der Waals surface area (Å²) in [7, 11) is 0. The largest absolute Gasteiger partial charge is 0.624 e. The molecule has 0 aromatic carbocycles. The minimum Gasteiger partial charge on any atom is -0.624 e. The van der Waals surface area contributed by atoms with Crippen molar-refractivity contribution >= 4 is 5.71 Å². The van der Waals surface area contributed by atoms with Gasteiger partial charge in [-0.05, 0) is 25.7 Å². The summed E-state index contributed by atoms with van der Waals surface area (Å²) in [5.74, 6) is 0. The highest BCUT2D eigenvalue weighted by molar-refractivity contribution is 5.81. The minimum absolute atomic E-state index is 0.335. The van der Waals surface area contributed by atoms with Crippen molar-refractivity contribution in [2.75, 3.05) is 0 Å². The van der Waals surface area contributed by atoms with Crippen LogP contribution in [0.25, 0.3) is 0 Å². The Morgan fingerprint density at radius 2 is 1.54 bits per heavy atom. The van der Waals surface area contributed by atoms with E-state index in [9.17, 15) is 5.21 Å². The van der Waals surface area contributed by atoms with Crippen LogP contribution in [0.15, 0.2) is 0 Å². The lowest BCUT2D eigenvalue weighted by Crippen LogP contribution is -2.28. The molecule has 0 N–H and O–H groups in total. The lowest BCUT2D eigenvalue weighted by atomic mass is 9.95. The quantitative estimate of drug-likeness (QED) is 0.347. The third-order valence-corrected chi connectivity index (χ3v) is 3.40. The van der Waals surface area contributed by atoms with E-state index in [4.69, 9.17) is 0 Å². The van der Waals surface area contributed by atoms with Gasteiger partial charge in [-0.2, -0.15) is 0 Å². The van der Waals surface area contributed by atoms with Crippen molar-refractivity contribution < 1.29 is 4.74 Å². The zero-order valence-electron chi connectivity index (χ0n) is 8.30. The monoisotopic (exact) mass is 181 g/mol. The highest BCUT2D eigenvalue weighted by atomic mass is 16.5. The van der Waals surface area contributed by atoms with Crippen LogP contribution in [-0.4, -0.2) is 16.5 Å². The Labute approximate surface area is 80.2 Å². The third kappa shape index (κ3) is 2.04. The number of hydroxylamine groups is 1. The molecule has 2 nitrogen and oxygen atoms in total. The normalized spacial score (nSPS) is 25.1. The Balaban J connectivity index is 2.00. The average molecular weight is 181 g/mol. The standard InChI is InChI=1S/C11H19NO/c13-12(11-8-4-5-9-11)10-6-2-1-3-7-10/h10H,1-9H2. The smallest absolute Gasteiger partial charge is 0.163 e. The van der Waals surface area contributed by atoms with Gasteiger partial charge in [-0.1, -0.05) is 6.42 Å². The van der Waals surface area contributed by atoms with E-state index in [0.717, 1.165) is 25.7 Å². The van der Waals surface area contributed by atoms with Gasteiger partial charge in [-0.3, -0.25) is 0 Å². The Bertz CT molecular complexity index is 196. The van der Waals surface area contributed by atoms with E-state index in [0.29, 0.717) is 6.04 Å². The fourth-order valence-corrected chi connectivity index (χ4v) is 2.58. The highest BCUT2D eigenvalue weighted by Crippen LogP contribution is 2.22. The first-order valence-electron chi connectivity index (χ1n) is 5.69. The zero-order valence-corrected chi connectivity index (χ0v) is 8.30. The molecule has 2 aliphatic carbocycles. The molecule has 2 saturated carbocycles. The molecule has 2 aliphatic rings. The van der Waals surface area contributed by atoms with E-state index in [-0.39, 0.29) is 0 Å². The van der Waals surface area contributed by atoms with Crippen LogP contribution < -0.4 is 0 Å². The summed E-state index contributed by atoms with van der Waals surface area (Å²) in [6, 6.07) is 0.335. The summed E-state index contributed by atoms with van der Waals surface area (Å²) in [5, 5.41) is 11.9. The van der Waals surface area contributed by atoms with Crippen LogP contribution in [-0.2, 0) is 0 Å². The van der Waals surface area contributed by atoms with Crippen molar-refractivity contribution in [1.82, 2.24) is 0 Å². The molecule has 0 spiro atoms. The van der Waals surface area contributed by atoms with E-state index < -0.39 is 0 Å². The van der Waals surface area contributed by atoms with Gasteiger partial charge in [-0.25, -0.2) is 4.74 Å². The predicted octanol–water partition coefficient (Wildman–Crippen LogP) is 2.84.